The summed E-state index contributed by atoms with van der Waals surface area (Å²) in [6.07, 6.45) is 1.19. The van der Waals surface area contributed by atoms with Crippen LogP contribution in [0, 0.1) is 6.92 Å². The fourth-order valence-electron chi connectivity index (χ4n) is 3.34. The fourth-order valence-corrected chi connectivity index (χ4v) is 7.81. The first-order valence-electron chi connectivity index (χ1n) is 6.50. The van der Waals surface area contributed by atoms with Crippen LogP contribution in [0.1, 0.15) is 5.56 Å². The van der Waals surface area contributed by atoms with Crippen LogP contribution in [0.25, 0.3) is 0 Å². The van der Waals surface area contributed by atoms with E-state index in [1.165, 1.54) is 17.4 Å². The summed E-state index contributed by atoms with van der Waals surface area (Å²) in [4.78, 5) is 2.42. The van der Waals surface area contributed by atoms with Gasteiger partial charge in [-0.3, -0.25) is 0 Å². The van der Waals surface area contributed by atoms with Gasteiger partial charge in [-0.05, 0) is 23.4 Å². The predicted octanol–water partition coefficient (Wildman–Crippen LogP) is 2.18. The minimum absolute atomic E-state index is 1.19. The summed E-state index contributed by atoms with van der Waals surface area (Å²) in [5, 5.41) is 3.17. The number of fused-ring (bicyclic) bond motifs is 1. The van der Waals surface area contributed by atoms with Gasteiger partial charge in [-0.1, -0.05) is 54.6 Å². The molecule has 1 aliphatic heterocycles. The van der Waals surface area contributed by atoms with Crippen molar-refractivity contribution in [3.05, 3.63) is 54.1 Å². The van der Waals surface area contributed by atoms with Gasteiger partial charge in [-0.15, -0.1) is 0 Å². The third kappa shape index (κ3) is 1.52. The van der Waals surface area contributed by atoms with E-state index in [0.717, 1.165) is 0 Å². The molecule has 0 aromatic heterocycles. The molecule has 0 fully saturated rings. The van der Waals surface area contributed by atoms with Gasteiger partial charge in [0, 0.05) is 18.9 Å². The van der Waals surface area contributed by atoms with Gasteiger partial charge in [0.1, 0.15) is 8.07 Å². The summed E-state index contributed by atoms with van der Waals surface area (Å²) >= 11 is 0. The summed E-state index contributed by atoms with van der Waals surface area (Å²) in [5.41, 5.74) is 2.87. The maximum absolute atomic E-state index is 2.50. The minimum atomic E-state index is -1.56. The van der Waals surface area contributed by atoms with Crippen LogP contribution in [-0.4, -0.2) is 21.3 Å². The first-order valence-corrected chi connectivity index (χ1v) is 9.20. The number of aryl methyl sites for hydroxylation is 1. The van der Waals surface area contributed by atoms with E-state index in [0.29, 0.717) is 0 Å². The molecule has 92 valence electrons. The minimum Gasteiger partial charge on any atom is -0.377 e. The second kappa shape index (κ2) is 3.99. The molecule has 0 aliphatic carbocycles. The van der Waals surface area contributed by atoms with Crippen LogP contribution in [0.15, 0.2) is 48.5 Å². The molecule has 1 aliphatic rings. The number of rotatable bonds is 1. The Morgan fingerprint density at radius 2 is 1.56 bits per heavy atom. The molecule has 0 bridgehead atoms. The lowest BCUT2D eigenvalue weighted by molar-refractivity contribution is 1.10. The molecule has 2 aromatic carbocycles. The van der Waals surface area contributed by atoms with E-state index in [2.05, 4.69) is 73.9 Å². The van der Waals surface area contributed by atoms with E-state index >= 15 is 0 Å². The van der Waals surface area contributed by atoms with E-state index < -0.39 is 8.07 Å². The zero-order chi connectivity index (χ0) is 12.8. The van der Waals surface area contributed by atoms with Gasteiger partial charge in [0.2, 0.25) is 0 Å². The van der Waals surface area contributed by atoms with Crippen molar-refractivity contribution < 1.29 is 0 Å². The number of hydrogen-bond donors (Lipinski definition) is 0. The van der Waals surface area contributed by atoms with E-state index in [-0.39, 0.29) is 0 Å². The van der Waals surface area contributed by atoms with Crippen LogP contribution >= 0.6 is 0 Å². The van der Waals surface area contributed by atoms with Crippen molar-refractivity contribution in [2.75, 3.05) is 18.1 Å². The summed E-state index contributed by atoms with van der Waals surface area (Å²) in [6, 6.07) is 17.8. The predicted molar refractivity (Wildman–Crippen MR) is 81.8 cm³/mol. The molecule has 1 heterocycles. The zero-order valence-electron chi connectivity index (χ0n) is 11.3. The largest absolute Gasteiger partial charge is 0.377 e. The molecule has 0 saturated carbocycles. The van der Waals surface area contributed by atoms with Gasteiger partial charge >= 0.3 is 0 Å². The first kappa shape index (κ1) is 11.5. The van der Waals surface area contributed by atoms with Crippen LogP contribution in [0.5, 0.6) is 0 Å². The SMILES string of the molecule is Cc1ccccc1[Si]1(C)CN(C)c2ccccc21. The molecule has 1 nitrogen and oxygen atoms in total. The smallest absolute Gasteiger partial charge is 0.137 e. The first-order chi connectivity index (χ1) is 8.63. The summed E-state index contributed by atoms with van der Waals surface area (Å²) in [7, 11) is 0.653. The van der Waals surface area contributed by atoms with Crippen LogP contribution in [-0.2, 0) is 0 Å². The molecule has 0 saturated heterocycles. The summed E-state index contributed by atoms with van der Waals surface area (Å²) in [6.45, 7) is 4.74. The monoisotopic (exact) mass is 253 g/mol. The van der Waals surface area contributed by atoms with Gasteiger partial charge in [0.25, 0.3) is 0 Å². The zero-order valence-corrected chi connectivity index (χ0v) is 12.3. The molecular formula is C16H19NSi. The molecule has 1 unspecified atom stereocenters. The second-order valence-corrected chi connectivity index (χ2v) is 9.58. The van der Waals surface area contributed by atoms with Gasteiger partial charge in [-0.25, -0.2) is 0 Å². The van der Waals surface area contributed by atoms with Gasteiger partial charge < -0.3 is 4.90 Å². The van der Waals surface area contributed by atoms with Gasteiger partial charge in [0.05, 0.1) is 0 Å². The Kier molecular flexibility index (Phi) is 2.56. The van der Waals surface area contributed by atoms with Gasteiger partial charge in [0.15, 0.2) is 0 Å². The van der Waals surface area contributed by atoms with E-state index in [4.69, 9.17) is 0 Å². The number of para-hydroxylation sites is 1. The maximum Gasteiger partial charge on any atom is 0.137 e. The van der Waals surface area contributed by atoms with Gasteiger partial charge in [-0.2, -0.15) is 0 Å². The van der Waals surface area contributed by atoms with Crippen LogP contribution in [0.4, 0.5) is 5.69 Å². The van der Waals surface area contributed by atoms with Crippen molar-refractivity contribution in [3.63, 3.8) is 0 Å². The molecule has 0 amide bonds. The van der Waals surface area contributed by atoms with Crippen molar-refractivity contribution in [3.8, 4) is 0 Å². The highest BCUT2D eigenvalue weighted by Crippen LogP contribution is 2.24. The standard InChI is InChI=1S/C16H19NSi/c1-13-8-4-6-10-15(13)18(3)12-17(2)14-9-5-7-11-16(14)18/h4-11H,12H2,1-3H3. The number of anilines is 1. The lowest BCUT2D eigenvalue weighted by atomic mass is 10.2. The third-order valence-corrected chi connectivity index (χ3v) is 8.67. The Hall–Kier alpha value is -1.54. The van der Waals surface area contributed by atoms with Crippen LogP contribution < -0.4 is 15.3 Å². The molecule has 2 heteroatoms. The molecule has 3 rings (SSSR count). The molecule has 18 heavy (non-hydrogen) atoms. The topological polar surface area (TPSA) is 3.24 Å². The summed E-state index contributed by atoms with van der Waals surface area (Å²) < 4.78 is 0. The Bertz CT molecular complexity index is 593. The average Bonchev–Trinajstić information content (AvgIpc) is 2.64. The summed E-state index contributed by atoms with van der Waals surface area (Å²) in [5.74, 6) is 0. The fraction of sp³-hybridized carbons (Fsp3) is 0.250. The number of benzene rings is 2. The normalized spacial score (nSPS) is 22.1. The van der Waals surface area contributed by atoms with E-state index in [9.17, 15) is 0 Å². The highest BCUT2D eigenvalue weighted by molar-refractivity contribution is 7.04. The van der Waals surface area contributed by atoms with Crippen molar-refractivity contribution >= 4 is 24.1 Å². The lowest BCUT2D eigenvalue weighted by Crippen LogP contribution is -2.58. The van der Waals surface area contributed by atoms with Crippen molar-refractivity contribution in [1.29, 1.82) is 0 Å². The third-order valence-electron chi connectivity index (χ3n) is 4.20. The number of nitrogens with zero attached hydrogens (tertiary/aromatic N) is 1. The highest BCUT2D eigenvalue weighted by atomic mass is 28.3. The Labute approximate surface area is 110 Å². The lowest BCUT2D eigenvalue weighted by Gasteiger charge is -2.25. The molecule has 0 radical (unpaired) electrons. The van der Waals surface area contributed by atoms with Crippen molar-refractivity contribution in [1.82, 2.24) is 0 Å². The molecule has 1 atom stereocenters. The molecule has 0 N–H and O–H groups in total. The van der Waals surface area contributed by atoms with Crippen molar-refractivity contribution in [2.24, 2.45) is 0 Å². The Balaban J connectivity index is 2.21. The maximum atomic E-state index is 2.50. The van der Waals surface area contributed by atoms with E-state index in [1.807, 2.05) is 0 Å². The second-order valence-electron chi connectivity index (χ2n) is 5.52. The molecule has 0 spiro atoms. The molecular weight excluding hydrogens is 234 g/mol. The van der Waals surface area contributed by atoms with E-state index in [1.54, 1.807) is 10.4 Å². The molecule has 2 aromatic rings. The van der Waals surface area contributed by atoms with Crippen LogP contribution in [0.2, 0.25) is 6.55 Å². The van der Waals surface area contributed by atoms with Crippen molar-refractivity contribution in [2.45, 2.75) is 13.5 Å². The average molecular weight is 253 g/mol. The van der Waals surface area contributed by atoms with Crippen LogP contribution in [0.3, 0.4) is 0 Å². The number of hydrogen-bond acceptors (Lipinski definition) is 1. The quantitative estimate of drug-likeness (QED) is 0.704. The highest BCUT2D eigenvalue weighted by Gasteiger charge is 2.41. The Morgan fingerprint density at radius 1 is 0.944 bits per heavy atom. The Morgan fingerprint density at radius 3 is 2.28 bits per heavy atom.